The smallest absolute Gasteiger partial charge is 0.317 e. The Bertz CT molecular complexity index is 538. The van der Waals surface area contributed by atoms with Crippen LogP contribution in [0.3, 0.4) is 0 Å². The quantitative estimate of drug-likeness (QED) is 0.850. The number of fused-ring (bicyclic) bond motifs is 1. The molecule has 0 atom stereocenters. The standard InChI is InChI=1S/C10H10N4OS/c15-10-11-2-3-14(10)6-8-12-5-7-1-4-16-9(7)13-8/h1,4-5H,2-3,6H2,(H,11,15). The Morgan fingerprint density at radius 3 is 3.31 bits per heavy atom. The lowest BCUT2D eigenvalue weighted by Gasteiger charge is -2.12. The number of aromatic nitrogens is 2. The number of hydrogen-bond acceptors (Lipinski definition) is 4. The van der Waals surface area contributed by atoms with Crippen LogP contribution in [0, 0.1) is 0 Å². The van der Waals surface area contributed by atoms with E-state index in [2.05, 4.69) is 15.3 Å². The summed E-state index contributed by atoms with van der Waals surface area (Å²) in [4.78, 5) is 22.7. The van der Waals surface area contributed by atoms with Crippen molar-refractivity contribution in [3.63, 3.8) is 0 Å². The summed E-state index contributed by atoms with van der Waals surface area (Å²) in [6, 6.07) is 1.96. The first-order valence-electron chi connectivity index (χ1n) is 5.05. The van der Waals surface area contributed by atoms with Gasteiger partial charge in [0.2, 0.25) is 0 Å². The Morgan fingerprint density at radius 2 is 2.50 bits per heavy atom. The molecule has 2 aromatic rings. The van der Waals surface area contributed by atoms with Gasteiger partial charge in [0.15, 0.2) is 0 Å². The molecule has 5 nitrogen and oxygen atoms in total. The van der Waals surface area contributed by atoms with E-state index in [0.717, 1.165) is 16.8 Å². The monoisotopic (exact) mass is 234 g/mol. The Balaban J connectivity index is 1.85. The van der Waals surface area contributed by atoms with Gasteiger partial charge >= 0.3 is 6.03 Å². The van der Waals surface area contributed by atoms with E-state index < -0.39 is 0 Å². The van der Waals surface area contributed by atoms with Crippen molar-refractivity contribution >= 4 is 27.6 Å². The minimum atomic E-state index is -0.0325. The lowest BCUT2D eigenvalue weighted by Crippen LogP contribution is -2.28. The lowest BCUT2D eigenvalue weighted by molar-refractivity contribution is 0.214. The van der Waals surface area contributed by atoms with Gasteiger partial charge in [-0.3, -0.25) is 0 Å². The number of amides is 2. The van der Waals surface area contributed by atoms with Gasteiger partial charge < -0.3 is 10.2 Å². The molecule has 0 spiro atoms. The Hall–Kier alpha value is -1.69. The summed E-state index contributed by atoms with van der Waals surface area (Å²) in [5.41, 5.74) is 0. The van der Waals surface area contributed by atoms with Gasteiger partial charge in [0.05, 0.1) is 6.54 Å². The number of nitrogens with one attached hydrogen (secondary N) is 1. The van der Waals surface area contributed by atoms with Crippen LogP contribution in [-0.2, 0) is 6.54 Å². The zero-order chi connectivity index (χ0) is 11.0. The Labute approximate surface area is 96.1 Å². The average molecular weight is 234 g/mol. The molecule has 0 unspecified atom stereocenters. The second-order valence-corrected chi connectivity index (χ2v) is 4.52. The molecule has 1 aliphatic rings. The molecule has 0 radical (unpaired) electrons. The summed E-state index contributed by atoms with van der Waals surface area (Å²) in [7, 11) is 0. The minimum Gasteiger partial charge on any atom is -0.336 e. The first kappa shape index (κ1) is 9.53. The third-order valence-corrected chi connectivity index (χ3v) is 3.36. The van der Waals surface area contributed by atoms with Crippen LogP contribution >= 0.6 is 11.3 Å². The topological polar surface area (TPSA) is 58.1 Å². The van der Waals surface area contributed by atoms with Gasteiger partial charge in [0.25, 0.3) is 0 Å². The second-order valence-electron chi connectivity index (χ2n) is 3.62. The number of hydrogen-bond donors (Lipinski definition) is 1. The Morgan fingerprint density at radius 1 is 1.56 bits per heavy atom. The molecule has 0 bridgehead atoms. The summed E-state index contributed by atoms with van der Waals surface area (Å²) in [6.45, 7) is 1.92. The molecule has 6 heteroatoms. The first-order chi connectivity index (χ1) is 7.83. The number of urea groups is 1. The highest BCUT2D eigenvalue weighted by molar-refractivity contribution is 7.16. The molecule has 82 valence electrons. The average Bonchev–Trinajstić information content (AvgIpc) is 2.88. The van der Waals surface area contributed by atoms with Crippen molar-refractivity contribution in [2.75, 3.05) is 13.1 Å². The van der Waals surface area contributed by atoms with E-state index in [9.17, 15) is 4.79 Å². The van der Waals surface area contributed by atoms with Crippen LogP contribution < -0.4 is 5.32 Å². The molecule has 1 N–H and O–H groups in total. The molecule has 1 aliphatic heterocycles. The normalized spacial score (nSPS) is 15.8. The molecule has 0 saturated carbocycles. The fourth-order valence-electron chi connectivity index (χ4n) is 1.70. The fraction of sp³-hybridized carbons (Fsp3) is 0.300. The summed E-state index contributed by atoms with van der Waals surface area (Å²) in [5.74, 6) is 0.701. The molecule has 16 heavy (non-hydrogen) atoms. The molecule has 0 aliphatic carbocycles. The van der Waals surface area contributed by atoms with Gasteiger partial charge in [-0.2, -0.15) is 0 Å². The SMILES string of the molecule is O=C1NCCN1Cc1ncc2ccsc2n1. The third-order valence-electron chi connectivity index (χ3n) is 2.53. The van der Waals surface area contributed by atoms with Gasteiger partial charge in [-0.15, -0.1) is 11.3 Å². The molecular formula is C10H10N4OS. The van der Waals surface area contributed by atoms with Gasteiger partial charge in [-0.05, 0) is 11.4 Å². The first-order valence-corrected chi connectivity index (χ1v) is 5.93. The maximum Gasteiger partial charge on any atom is 0.317 e. The fourth-order valence-corrected chi connectivity index (χ4v) is 2.46. The van der Waals surface area contributed by atoms with Crippen molar-refractivity contribution in [1.29, 1.82) is 0 Å². The molecule has 2 amide bonds. The van der Waals surface area contributed by atoms with Crippen LogP contribution in [0.1, 0.15) is 5.82 Å². The number of nitrogens with zero attached hydrogens (tertiary/aromatic N) is 3. The molecule has 2 aromatic heterocycles. The van der Waals surface area contributed by atoms with E-state index in [0.29, 0.717) is 18.9 Å². The van der Waals surface area contributed by atoms with Gasteiger partial charge in [-0.25, -0.2) is 14.8 Å². The van der Waals surface area contributed by atoms with Crippen molar-refractivity contribution in [2.24, 2.45) is 0 Å². The molecular weight excluding hydrogens is 224 g/mol. The summed E-state index contributed by atoms with van der Waals surface area (Å²) in [6.07, 6.45) is 1.81. The molecule has 1 fully saturated rings. The summed E-state index contributed by atoms with van der Waals surface area (Å²) in [5, 5.41) is 5.80. The van der Waals surface area contributed by atoms with E-state index in [4.69, 9.17) is 0 Å². The highest BCUT2D eigenvalue weighted by atomic mass is 32.1. The van der Waals surface area contributed by atoms with Crippen LogP contribution in [0.15, 0.2) is 17.6 Å². The van der Waals surface area contributed by atoms with E-state index in [-0.39, 0.29) is 6.03 Å². The van der Waals surface area contributed by atoms with E-state index in [1.54, 1.807) is 16.2 Å². The maximum atomic E-state index is 11.4. The Kier molecular flexibility index (Phi) is 2.21. The van der Waals surface area contributed by atoms with Crippen LogP contribution in [-0.4, -0.2) is 34.0 Å². The van der Waals surface area contributed by atoms with Crippen LogP contribution in [0.2, 0.25) is 0 Å². The number of carbonyl (C=O) groups excluding carboxylic acids is 1. The predicted molar refractivity (Wildman–Crippen MR) is 61.2 cm³/mol. The number of rotatable bonds is 2. The van der Waals surface area contributed by atoms with Gasteiger partial charge in [0.1, 0.15) is 10.7 Å². The van der Waals surface area contributed by atoms with E-state index >= 15 is 0 Å². The molecule has 1 saturated heterocycles. The highest BCUT2D eigenvalue weighted by Gasteiger charge is 2.20. The van der Waals surface area contributed by atoms with Crippen molar-refractivity contribution < 1.29 is 4.79 Å². The summed E-state index contributed by atoms with van der Waals surface area (Å²) >= 11 is 1.59. The van der Waals surface area contributed by atoms with E-state index in [1.807, 2.05) is 17.6 Å². The van der Waals surface area contributed by atoms with Crippen LogP contribution in [0.5, 0.6) is 0 Å². The summed E-state index contributed by atoms with van der Waals surface area (Å²) < 4.78 is 0. The minimum absolute atomic E-state index is 0.0325. The maximum absolute atomic E-state index is 11.4. The highest BCUT2D eigenvalue weighted by Crippen LogP contribution is 2.17. The number of thiophene rings is 1. The zero-order valence-corrected chi connectivity index (χ0v) is 9.33. The molecule has 3 rings (SSSR count). The van der Waals surface area contributed by atoms with E-state index in [1.165, 1.54) is 0 Å². The lowest BCUT2D eigenvalue weighted by atomic mass is 10.4. The molecule has 0 aromatic carbocycles. The van der Waals surface area contributed by atoms with Crippen molar-refractivity contribution in [1.82, 2.24) is 20.2 Å². The second kappa shape index (κ2) is 3.71. The van der Waals surface area contributed by atoms with Crippen LogP contribution in [0.4, 0.5) is 4.79 Å². The van der Waals surface area contributed by atoms with Crippen molar-refractivity contribution in [3.8, 4) is 0 Å². The largest absolute Gasteiger partial charge is 0.336 e. The number of carbonyl (C=O) groups is 1. The van der Waals surface area contributed by atoms with Crippen molar-refractivity contribution in [3.05, 3.63) is 23.5 Å². The van der Waals surface area contributed by atoms with Gasteiger partial charge in [0, 0.05) is 24.7 Å². The predicted octanol–water partition coefficient (Wildman–Crippen LogP) is 1.22. The van der Waals surface area contributed by atoms with Crippen molar-refractivity contribution in [2.45, 2.75) is 6.54 Å². The van der Waals surface area contributed by atoms with Gasteiger partial charge in [-0.1, -0.05) is 0 Å². The van der Waals surface area contributed by atoms with Crippen LogP contribution in [0.25, 0.3) is 10.2 Å². The third kappa shape index (κ3) is 1.61. The molecule has 3 heterocycles. The zero-order valence-electron chi connectivity index (χ0n) is 8.51.